The minimum atomic E-state index is 0.552. The maximum absolute atomic E-state index is 5.81. The van der Waals surface area contributed by atoms with Crippen molar-refractivity contribution in [3.8, 4) is 17.0 Å². The Hall–Kier alpha value is -1.85. The second-order valence-electron chi connectivity index (χ2n) is 4.73. The molecular weight excluding hydrogens is 254 g/mol. The molecule has 20 heavy (non-hydrogen) atoms. The maximum Gasteiger partial charge on any atom is 0.128 e. The van der Waals surface area contributed by atoms with Crippen molar-refractivity contribution in [2.45, 2.75) is 13.1 Å². The monoisotopic (exact) mass is 273 g/mol. The van der Waals surface area contributed by atoms with Gasteiger partial charge < -0.3 is 19.4 Å². The summed E-state index contributed by atoms with van der Waals surface area (Å²) in [4.78, 5) is 4.49. The molecule has 0 bridgehead atoms. The Bertz CT molecular complexity index is 580. The van der Waals surface area contributed by atoms with Gasteiger partial charge in [0, 0.05) is 25.8 Å². The Labute approximate surface area is 118 Å². The Morgan fingerprint density at radius 2 is 2.20 bits per heavy atom. The molecule has 5 nitrogen and oxygen atoms in total. The molecule has 1 aliphatic heterocycles. The first-order chi connectivity index (χ1) is 9.90. The molecule has 0 radical (unpaired) electrons. The van der Waals surface area contributed by atoms with Crippen LogP contribution in [0.3, 0.4) is 0 Å². The van der Waals surface area contributed by atoms with E-state index in [1.807, 2.05) is 24.4 Å². The molecule has 1 aliphatic rings. The average Bonchev–Trinajstić information content (AvgIpc) is 2.92. The van der Waals surface area contributed by atoms with E-state index in [1.165, 1.54) is 0 Å². The lowest BCUT2D eigenvalue weighted by molar-refractivity contribution is 0.146. The van der Waals surface area contributed by atoms with Crippen molar-refractivity contribution in [1.82, 2.24) is 14.9 Å². The van der Waals surface area contributed by atoms with Crippen LogP contribution in [0.5, 0.6) is 5.75 Å². The Balaban J connectivity index is 1.91. The molecule has 2 aromatic rings. The van der Waals surface area contributed by atoms with Gasteiger partial charge in [-0.05, 0) is 12.1 Å². The third-order valence-electron chi connectivity index (χ3n) is 3.44. The lowest BCUT2D eigenvalue weighted by Gasteiger charge is -2.19. The number of nitrogens with zero attached hydrogens (tertiary/aromatic N) is 2. The number of hydrogen-bond donors (Lipinski definition) is 1. The molecule has 1 aromatic heterocycles. The number of fused-ring (bicyclic) bond motifs is 1. The highest BCUT2D eigenvalue weighted by molar-refractivity contribution is 5.67. The average molecular weight is 273 g/mol. The number of imidazole rings is 1. The van der Waals surface area contributed by atoms with E-state index in [4.69, 9.17) is 9.47 Å². The van der Waals surface area contributed by atoms with E-state index in [2.05, 4.69) is 20.9 Å². The Morgan fingerprint density at radius 1 is 1.30 bits per heavy atom. The zero-order valence-electron chi connectivity index (χ0n) is 11.6. The highest BCUT2D eigenvalue weighted by atomic mass is 16.5. The summed E-state index contributed by atoms with van der Waals surface area (Å²) in [6, 6.07) is 8.08. The van der Waals surface area contributed by atoms with Crippen LogP contribution in [-0.2, 0) is 17.8 Å². The zero-order chi connectivity index (χ0) is 13.8. The molecule has 0 spiro atoms. The third kappa shape index (κ3) is 2.55. The van der Waals surface area contributed by atoms with Gasteiger partial charge in [0.05, 0.1) is 25.0 Å². The van der Waals surface area contributed by atoms with Gasteiger partial charge in [0.15, 0.2) is 0 Å². The first-order valence-electron chi connectivity index (χ1n) is 6.86. The molecule has 0 aliphatic carbocycles. The van der Waals surface area contributed by atoms with Gasteiger partial charge in [0.25, 0.3) is 0 Å². The lowest BCUT2D eigenvalue weighted by atomic mass is 10.1. The molecule has 2 heterocycles. The first-order valence-corrected chi connectivity index (χ1v) is 6.86. The van der Waals surface area contributed by atoms with E-state index >= 15 is 0 Å². The van der Waals surface area contributed by atoms with Crippen molar-refractivity contribution in [2.75, 3.05) is 26.9 Å². The molecule has 0 amide bonds. The number of hydrogen-bond acceptors (Lipinski definition) is 4. The van der Waals surface area contributed by atoms with E-state index in [1.54, 1.807) is 7.11 Å². The smallest absolute Gasteiger partial charge is 0.128 e. The standard InChI is InChI=1S/C15H19N3O2/c1-19-8-9-20-14-5-3-2-4-12(14)13-10-17-15-11-16-6-7-18(13)15/h2-5,10,16H,6-9,11H2,1H3. The van der Waals surface area contributed by atoms with Crippen LogP contribution >= 0.6 is 0 Å². The van der Waals surface area contributed by atoms with Crippen LogP contribution < -0.4 is 10.1 Å². The molecule has 0 fully saturated rings. The molecule has 0 atom stereocenters. The largest absolute Gasteiger partial charge is 0.490 e. The van der Waals surface area contributed by atoms with Crippen LogP contribution in [-0.4, -0.2) is 36.4 Å². The van der Waals surface area contributed by atoms with Crippen molar-refractivity contribution in [1.29, 1.82) is 0 Å². The summed E-state index contributed by atoms with van der Waals surface area (Å²) in [5.74, 6) is 1.96. The number of para-hydroxylation sites is 1. The van der Waals surface area contributed by atoms with Crippen molar-refractivity contribution >= 4 is 0 Å². The van der Waals surface area contributed by atoms with E-state index in [9.17, 15) is 0 Å². The third-order valence-corrected chi connectivity index (χ3v) is 3.44. The molecule has 106 valence electrons. The number of benzene rings is 1. The fourth-order valence-electron chi connectivity index (χ4n) is 2.45. The van der Waals surface area contributed by atoms with Crippen molar-refractivity contribution in [2.24, 2.45) is 0 Å². The zero-order valence-corrected chi connectivity index (χ0v) is 11.6. The van der Waals surface area contributed by atoms with Crippen LogP contribution in [0.25, 0.3) is 11.3 Å². The molecule has 0 unspecified atom stereocenters. The normalized spacial score (nSPS) is 14.1. The van der Waals surface area contributed by atoms with Crippen molar-refractivity contribution in [3.63, 3.8) is 0 Å². The molecule has 1 aromatic carbocycles. The second-order valence-corrected chi connectivity index (χ2v) is 4.73. The molecular formula is C15H19N3O2. The predicted octanol–water partition coefficient (Wildman–Crippen LogP) is 1.68. The van der Waals surface area contributed by atoms with E-state index < -0.39 is 0 Å². The van der Waals surface area contributed by atoms with Gasteiger partial charge in [-0.2, -0.15) is 0 Å². The SMILES string of the molecule is COCCOc1ccccc1-c1cnc2n1CCNC2. The van der Waals surface area contributed by atoms with Crippen LogP contribution in [0.2, 0.25) is 0 Å². The summed E-state index contributed by atoms with van der Waals surface area (Å²) in [5.41, 5.74) is 2.21. The van der Waals surface area contributed by atoms with Crippen LogP contribution in [0.1, 0.15) is 5.82 Å². The number of rotatable bonds is 5. The summed E-state index contributed by atoms with van der Waals surface area (Å²) in [5, 5.41) is 3.33. The summed E-state index contributed by atoms with van der Waals surface area (Å²) in [6.07, 6.45) is 1.93. The molecule has 3 rings (SSSR count). The number of methoxy groups -OCH3 is 1. The fraction of sp³-hybridized carbons (Fsp3) is 0.400. The molecule has 0 saturated carbocycles. The van der Waals surface area contributed by atoms with E-state index in [0.717, 1.165) is 42.5 Å². The van der Waals surface area contributed by atoms with E-state index in [-0.39, 0.29) is 0 Å². The van der Waals surface area contributed by atoms with Gasteiger partial charge in [-0.15, -0.1) is 0 Å². The summed E-state index contributed by atoms with van der Waals surface area (Å²) < 4.78 is 13.1. The molecule has 5 heteroatoms. The van der Waals surface area contributed by atoms with Crippen molar-refractivity contribution < 1.29 is 9.47 Å². The quantitative estimate of drug-likeness (QED) is 0.842. The summed E-state index contributed by atoms with van der Waals surface area (Å²) in [7, 11) is 1.68. The topological polar surface area (TPSA) is 48.3 Å². The van der Waals surface area contributed by atoms with Crippen molar-refractivity contribution in [3.05, 3.63) is 36.3 Å². The lowest BCUT2D eigenvalue weighted by Crippen LogP contribution is -2.28. The van der Waals surface area contributed by atoms with Crippen LogP contribution in [0.15, 0.2) is 30.5 Å². The maximum atomic E-state index is 5.81. The highest BCUT2D eigenvalue weighted by Crippen LogP contribution is 2.31. The van der Waals surface area contributed by atoms with Crippen LogP contribution in [0, 0.1) is 0 Å². The van der Waals surface area contributed by atoms with Gasteiger partial charge in [-0.1, -0.05) is 12.1 Å². The van der Waals surface area contributed by atoms with Gasteiger partial charge in [0.2, 0.25) is 0 Å². The number of ether oxygens (including phenoxy) is 2. The Morgan fingerprint density at radius 3 is 3.10 bits per heavy atom. The van der Waals surface area contributed by atoms with E-state index in [0.29, 0.717) is 13.2 Å². The summed E-state index contributed by atoms with van der Waals surface area (Å²) >= 11 is 0. The minimum absolute atomic E-state index is 0.552. The highest BCUT2D eigenvalue weighted by Gasteiger charge is 2.17. The first kappa shape index (κ1) is 13.1. The van der Waals surface area contributed by atoms with Gasteiger partial charge in [0.1, 0.15) is 18.2 Å². The van der Waals surface area contributed by atoms with Gasteiger partial charge in [-0.3, -0.25) is 0 Å². The van der Waals surface area contributed by atoms with Gasteiger partial charge in [-0.25, -0.2) is 4.98 Å². The number of aromatic nitrogens is 2. The predicted molar refractivity (Wildman–Crippen MR) is 76.7 cm³/mol. The Kier molecular flexibility index (Phi) is 3.99. The van der Waals surface area contributed by atoms with Gasteiger partial charge >= 0.3 is 0 Å². The number of nitrogens with one attached hydrogen (secondary N) is 1. The molecule has 1 N–H and O–H groups in total. The van der Waals surface area contributed by atoms with Crippen LogP contribution in [0.4, 0.5) is 0 Å². The minimum Gasteiger partial charge on any atom is -0.490 e. The fourth-order valence-corrected chi connectivity index (χ4v) is 2.45. The molecule has 0 saturated heterocycles. The summed E-state index contributed by atoms with van der Waals surface area (Å²) in [6.45, 7) is 3.88. The second kappa shape index (κ2) is 6.07.